The molecule has 3 atom stereocenters. The number of hydrogen-bond acceptors (Lipinski definition) is 7. The zero-order valence-corrected chi connectivity index (χ0v) is 25.4. The Labute approximate surface area is 272 Å². The summed E-state index contributed by atoms with van der Waals surface area (Å²) < 4.78 is 45.4. The van der Waals surface area contributed by atoms with Crippen molar-refractivity contribution in [3.8, 4) is 0 Å². The summed E-state index contributed by atoms with van der Waals surface area (Å²) >= 11 is 0. The topological polar surface area (TPSA) is 138 Å². The maximum Gasteiger partial charge on any atom is 0.417 e. The lowest BCUT2D eigenvalue weighted by atomic mass is 9.87. The Kier molecular flexibility index (Phi) is 9.97. The lowest BCUT2D eigenvalue weighted by Gasteiger charge is -2.26. The Morgan fingerprint density at radius 1 is 0.979 bits per heavy atom. The SMILES string of the molecule is CC(=N[C@@H](C(=O)O)[C@@H](CC(=O)N1C(=O)OC[C@H]1c1ccccc1)c1ccc(C(F)(F)F)cc1)c1ccccc1NC(=O)c1ccccn1. The van der Waals surface area contributed by atoms with Gasteiger partial charge in [-0.15, -0.1) is 0 Å². The molecule has 2 N–H and O–H groups in total. The first-order valence-electron chi connectivity index (χ1n) is 14.7. The van der Waals surface area contributed by atoms with E-state index in [1.165, 1.54) is 19.2 Å². The Hall–Kier alpha value is -5.85. The molecule has 0 saturated carbocycles. The second-order valence-corrected chi connectivity index (χ2v) is 10.9. The van der Waals surface area contributed by atoms with E-state index >= 15 is 0 Å². The number of pyridine rings is 1. The average molecular weight is 659 g/mol. The van der Waals surface area contributed by atoms with Crippen LogP contribution >= 0.6 is 0 Å². The number of aliphatic carboxylic acids is 1. The van der Waals surface area contributed by atoms with E-state index in [-0.39, 0.29) is 23.6 Å². The van der Waals surface area contributed by atoms with Crippen molar-refractivity contribution in [1.29, 1.82) is 0 Å². The smallest absolute Gasteiger partial charge is 0.417 e. The van der Waals surface area contributed by atoms with Crippen LogP contribution in [0.3, 0.4) is 0 Å². The number of anilines is 1. The zero-order valence-electron chi connectivity index (χ0n) is 25.4. The van der Waals surface area contributed by atoms with Crippen molar-refractivity contribution < 1.29 is 42.2 Å². The number of carbonyl (C=O) groups excluding carboxylic acids is 3. The van der Waals surface area contributed by atoms with Crippen LogP contribution in [0.1, 0.15) is 58.0 Å². The summed E-state index contributed by atoms with van der Waals surface area (Å²) in [6.45, 7) is 1.39. The van der Waals surface area contributed by atoms with Crippen LogP contribution in [0, 0.1) is 0 Å². The maximum atomic E-state index is 13.8. The van der Waals surface area contributed by atoms with Crippen LogP contribution in [-0.4, -0.2) is 57.2 Å². The number of carboxylic acid groups (broad SMARTS) is 1. The predicted octanol–water partition coefficient (Wildman–Crippen LogP) is 6.51. The van der Waals surface area contributed by atoms with Gasteiger partial charge >= 0.3 is 18.2 Å². The minimum absolute atomic E-state index is 0.0841. The number of rotatable bonds is 10. The molecule has 13 heteroatoms. The van der Waals surface area contributed by atoms with Gasteiger partial charge in [0.15, 0.2) is 6.04 Å². The fourth-order valence-corrected chi connectivity index (χ4v) is 5.42. The molecule has 0 aliphatic carbocycles. The molecule has 0 unspecified atom stereocenters. The Morgan fingerprint density at radius 3 is 2.29 bits per heavy atom. The van der Waals surface area contributed by atoms with Gasteiger partial charge in [0, 0.05) is 29.8 Å². The lowest BCUT2D eigenvalue weighted by molar-refractivity contribution is -0.140. The second-order valence-electron chi connectivity index (χ2n) is 10.9. The van der Waals surface area contributed by atoms with Crippen molar-refractivity contribution in [1.82, 2.24) is 9.88 Å². The summed E-state index contributed by atoms with van der Waals surface area (Å²) in [5.41, 5.74) is 0.681. The van der Waals surface area contributed by atoms with Gasteiger partial charge in [-0.2, -0.15) is 13.2 Å². The van der Waals surface area contributed by atoms with E-state index in [1.54, 1.807) is 66.7 Å². The molecule has 1 aromatic heterocycles. The number of ether oxygens (including phenoxy) is 1. The number of carbonyl (C=O) groups is 4. The Morgan fingerprint density at radius 2 is 1.65 bits per heavy atom. The number of amides is 3. The van der Waals surface area contributed by atoms with Crippen LogP contribution in [0.15, 0.2) is 108 Å². The van der Waals surface area contributed by atoms with Crippen molar-refractivity contribution in [3.63, 3.8) is 0 Å². The van der Waals surface area contributed by atoms with Gasteiger partial charge in [-0.25, -0.2) is 14.5 Å². The highest BCUT2D eigenvalue weighted by Gasteiger charge is 2.42. The van der Waals surface area contributed by atoms with Crippen LogP contribution < -0.4 is 5.32 Å². The molecule has 4 aromatic rings. The van der Waals surface area contributed by atoms with Crippen LogP contribution in [-0.2, 0) is 20.5 Å². The van der Waals surface area contributed by atoms with E-state index in [0.717, 1.165) is 29.2 Å². The fourth-order valence-electron chi connectivity index (χ4n) is 5.42. The van der Waals surface area contributed by atoms with Crippen LogP contribution in [0.4, 0.5) is 23.7 Å². The van der Waals surface area contributed by atoms with Crippen molar-refractivity contribution >= 4 is 35.3 Å². The largest absolute Gasteiger partial charge is 0.480 e. The standard InChI is InChI=1S/C35H29F3N4O6/c1-21(25-11-5-6-12-27(25)41-32(44)28-13-7-8-18-39-28)40-31(33(45)46)26(22-14-16-24(17-15-22)35(36,37)38)19-30(43)42-29(20-48-34(42)47)23-9-3-2-4-10-23/h2-18,26,29,31H,19-20H2,1H3,(H,41,44)(H,45,46)/t26-,29-,31+/m0/s1. The molecule has 1 aliphatic heterocycles. The number of carboxylic acids is 1. The summed E-state index contributed by atoms with van der Waals surface area (Å²) in [7, 11) is 0. The normalized spacial score (nSPS) is 16.2. The molecule has 1 aliphatic rings. The molecule has 246 valence electrons. The van der Waals surface area contributed by atoms with Gasteiger partial charge in [-0.3, -0.25) is 19.6 Å². The van der Waals surface area contributed by atoms with Crippen LogP contribution in [0.25, 0.3) is 0 Å². The first-order chi connectivity index (χ1) is 22.9. The highest BCUT2D eigenvalue weighted by Crippen LogP contribution is 2.35. The van der Waals surface area contributed by atoms with Gasteiger partial charge in [0.05, 0.1) is 11.3 Å². The molecular formula is C35H29F3N4O6. The lowest BCUT2D eigenvalue weighted by Crippen LogP contribution is -2.38. The number of aliphatic imine (C=N–C) groups is 1. The van der Waals surface area contributed by atoms with Crippen molar-refractivity contribution in [2.24, 2.45) is 4.99 Å². The second kappa shape index (κ2) is 14.3. The minimum Gasteiger partial charge on any atom is -0.480 e. The zero-order chi connectivity index (χ0) is 34.4. The number of hydrogen-bond donors (Lipinski definition) is 2. The molecule has 2 heterocycles. The highest BCUT2D eigenvalue weighted by atomic mass is 19.4. The molecule has 0 radical (unpaired) electrons. The number of halogens is 3. The molecule has 10 nitrogen and oxygen atoms in total. The number of benzene rings is 3. The molecule has 5 rings (SSSR count). The Bertz CT molecular complexity index is 1830. The number of para-hydroxylation sites is 1. The molecule has 3 aromatic carbocycles. The number of cyclic esters (lactones) is 1. The third-order valence-electron chi connectivity index (χ3n) is 7.82. The summed E-state index contributed by atoms with van der Waals surface area (Å²) in [5, 5.41) is 13.2. The molecular weight excluding hydrogens is 629 g/mol. The van der Waals surface area contributed by atoms with Gasteiger partial charge in [0.2, 0.25) is 5.91 Å². The van der Waals surface area contributed by atoms with E-state index < -0.39 is 60.0 Å². The summed E-state index contributed by atoms with van der Waals surface area (Å²) in [5.74, 6) is -4.10. The number of imide groups is 1. The van der Waals surface area contributed by atoms with E-state index in [4.69, 9.17) is 4.74 Å². The first kappa shape index (κ1) is 33.5. The van der Waals surface area contributed by atoms with E-state index in [9.17, 15) is 37.5 Å². The van der Waals surface area contributed by atoms with Crippen molar-refractivity contribution in [3.05, 3.63) is 131 Å². The van der Waals surface area contributed by atoms with Crippen molar-refractivity contribution in [2.75, 3.05) is 11.9 Å². The van der Waals surface area contributed by atoms with E-state index in [2.05, 4.69) is 15.3 Å². The molecule has 1 saturated heterocycles. The first-order valence-corrected chi connectivity index (χ1v) is 14.7. The molecule has 0 bridgehead atoms. The maximum absolute atomic E-state index is 13.8. The van der Waals surface area contributed by atoms with Crippen molar-refractivity contribution in [2.45, 2.75) is 37.5 Å². The predicted molar refractivity (Wildman–Crippen MR) is 168 cm³/mol. The molecule has 3 amide bonds. The fraction of sp³-hybridized carbons (Fsp3) is 0.200. The summed E-state index contributed by atoms with van der Waals surface area (Å²) in [6, 6.07) is 21.2. The molecule has 0 spiro atoms. The monoisotopic (exact) mass is 658 g/mol. The number of nitrogens with zero attached hydrogens (tertiary/aromatic N) is 3. The van der Waals surface area contributed by atoms with E-state index in [1.807, 2.05) is 0 Å². The Balaban J connectivity index is 1.52. The average Bonchev–Trinajstić information content (AvgIpc) is 3.48. The number of alkyl halides is 3. The molecule has 1 fully saturated rings. The third-order valence-corrected chi connectivity index (χ3v) is 7.82. The number of aromatic nitrogens is 1. The molecule has 48 heavy (non-hydrogen) atoms. The van der Waals surface area contributed by atoms with Gasteiger partial charge in [0.1, 0.15) is 18.3 Å². The highest BCUT2D eigenvalue weighted by molar-refractivity contribution is 6.10. The van der Waals surface area contributed by atoms with E-state index in [0.29, 0.717) is 16.8 Å². The van der Waals surface area contributed by atoms with Crippen LogP contribution in [0.5, 0.6) is 0 Å². The summed E-state index contributed by atoms with van der Waals surface area (Å²) in [6.07, 6.45) is -4.73. The third kappa shape index (κ3) is 7.57. The van der Waals surface area contributed by atoms with Gasteiger partial charge < -0.3 is 15.2 Å². The quantitative estimate of drug-likeness (QED) is 0.185. The number of nitrogens with one attached hydrogen (secondary N) is 1. The summed E-state index contributed by atoms with van der Waals surface area (Å²) in [4.78, 5) is 61.6. The van der Waals surface area contributed by atoms with Gasteiger partial charge in [-0.1, -0.05) is 66.7 Å². The van der Waals surface area contributed by atoms with Gasteiger partial charge in [0.25, 0.3) is 5.91 Å². The minimum atomic E-state index is -4.66. The van der Waals surface area contributed by atoms with Crippen LogP contribution in [0.2, 0.25) is 0 Å². The van der Waals surface area contributed by atoms with Gasteiger partial charge in [-0.05, 0) is 48.4 Å².